The average molecular weight is 339 g/mol. The largest absolute Gasteiger partial charge is 0.361 e. The van der Waals surface area contributed by atoms with E-state index in [0.29, 0.717) is 24.5 Å². The molecule has 0 unspecified atom stereocenters. The number of rotatable bonds is 7. The van der Waals surface area contributed by atoms with Crippen LogP contribution in [-0.2, 0) is 11.2 Å². The summed E-state index contributed by atoms with van der Waals surface area (Å²) < 4.78 is 0. The van der Waals surface area contributed by atoms with Crippen molar-refractivity contribution in [2.75, 3.05) is 0 Å². The zero-order chi connectivity index (χ0) is 17.1. The molecule has 1 aromatic carbocycles. The van der Waals surface area contributed by atoms with Gasteiger partial charge < -0.3 is 15.6 Å². The molecule has 3 N–H and O–H groups in total. The van der Waals surface area contributed by atoms with Crippen molar-refractivity contribution in [2.45, 2.75) is 75.9 Å². The third-order valence-electron chi connectivity index (χ3n) is 5.95. The quantitative estimate of drug-likeness (QED) is 0.721. The second-order valence-electron chi connectivity index (χ2n) is 7.72. The Balaban J connectivity index is 1.20. The number of para-hydroxylation sites is 1. The van der Waals surface area contributed by atoms with Crippen molar-refractivity contribution in [3.63, 3.8) is 0 Å². The summed E-state index contributed by atoms with van der Waals surface area (Å²) in [7, 11) is 0. The summed E-state index contributed by atoms with van der Waals surface area (Å²) in [6.07, 6.45) is 12.2. The van der Waals surface area contributed by atoms with Gasteiger partial charge in [0.2, 0.25) is 5.91 Å². The summed E-state index contributed by atoms with van der Waals surface area (Å²) in [5, 5.41) is 8.28. The maximum absolute atomic E-state index is 12.3. The van der Waals surface area contributed by atoms with E-state index in [2.05, 4.69) is 40.0 Å². The molecule has 2 aliphatic rings. The number of hydrogen-bond acceptors (Lipinski definition) is 2. The summed E-state index contributed by atoms with van der Waals surface area (Å²) in [5.41, 5.74) is 2.49. The number of carbonyl (C=O) groups excluding carboxylic acids is 1. The first-order valence-electron chi connectivity index (χ1n) is 9.90. The molecule has 0 bridgehead atoms. The molecule has 2 fully saturated rings. The SMILES string of the molecule is O=C(CCCc1c[nH]c2ccccc12)N[C@H]1CC[C@H]1NC1CCCC1. The highest BCUT2D eigenvalue weighted by molar-refractivity contribution is 5.83. The number of amides is 1. The van der Waals surface area contributed by atoms with E-state index >= 15 is 0 Å². The van der Waals surface area contributed by atoms with Gasteiger partial charge in [0.25, 0.3) is 0 Å². The molecule has 25 heavy (non-hydrogen) atoms. The minimum Gasteiger partial charge on any atom is -0.361 e. The van der Waals surface area contributed by atoms with Crippen LogP contribution in [0.3, 0.4) is 0 Å². The Labute approximate surface area is 149 Å². The van der Waals surface area contributed by atoms with Crippen LogP contribution in [0.4, 0.5) is 0 Å². The molecule has 2 aliphatic carbocycles. The lowest BCUT2D eigenvalue weighted by Gasteiger charge is -2.39. The fourth-order valence-corrected chi connectivity index (χ4v) is 4.32. The maximum atomic E-state index is 12.3. The number of aryl methyl sites for hydroxylation is 1. The highest BCUT2D eigenvalue weighted by atomic mass is 16.1. The Hall–Kier alpha value is -1.81. The molecule has 4 nitrogen and oxygen atoms in total. The number of aromatic nitrogens is 1. The van der Waals surface area contributed by atoms with Gasteiger partial charge in [0.15, 0.2) is 0 Å². The van der Waals surface area contributed by atoms with E-state index < -0.39 is 0 Å². The summed E-state index contributed by atoms with van der Waals surface area (Å²) in [4.78, 5) is 15.6. The Bertz CT molecular complexity index is 717. The molecule has 134 valence electrons. The van der Waals surface area contributed by atoms with Crippen LogP contribution in [0.1, 0.15) is 56.9 Å². The van der Waals surface area contributed by atoms with Crippen LogP contribution in [0, 0.1) is 0 Å². The lowest BCUT2D eigenvalue weighted by Crippen LogP contribution is -2.58. The van der Waals surface area contributed by atoms with E-state index in [1.165, 1.54) is 48.6 Å². The van der Waals surface area contributed by atoms with Crippen molar-refractivity contribution in [2.24, 2.45) is 0 Å². The summed E-state index contributed by atoms with van der Waals surface area (Å²) in [5.74, 6) is 0.211. The van der Waals surface area contributed by atoms with Crippen molar-refractivity contribution in [3.8, 4) is 0 Å². The second kappa shape index (κ2) is 7.61. The molecule has 0 radical (unpaired) electrons. The standard InChI is InChI=1S/C21H29N3O/c25-21(24-20-13-12-19(20)23-16-7-1-2-8-16)11-5-6-15-14-22-18-10-4-3-9-17(15)18/h3-4,9-10,14,16,19-20,22-23H,1-2,5-8,11-13H2,(H,24,25)/t19-,20+/m1/s1. The van der Waals surface area contributed by atoms with Crippen molar-refractivity contribution in [1.29, 1.82) is 0 Å². The van der Waals surface area contributed by atoms with E-state index in [1.807, 2.05) is 6.07 Å². The maximum Gasteiger partial charge on any atom is 0.220 e. The van der Waals surface area contributed by atoms with E-state index in [1.54, 1.807) is 0 Å². The first-order valence-corrected chi connectivity index (χ1v) is 9.90. The lowest BCUT2D eigenvalue weighted by molar-refractivity contribution is -0.122. The minimum absolute atomic E-state index is 0.211. The Morgan fingerprint density at radius 3 is 2.68 bits per heavy atom. The van der Waals surface area contributed by atoms with Crippen molar-refractivity contribution < 1.29 is 4.79 Å². The van der Waals surface area contributed by atoms with Crippen LogP contribution < -0.4 is 10.6 Å². The summed E-state index contributed by atoms with van der Waals surface area (Å²) >= 11 is 0. The van der Waals surface area contributed by atoms with Gasteiger partial charge >= 0.3 is 0 Å². The number of aromatic amines is 1. The summed E-state index contributed by atoms with van der Waals surface area (Å²) in [6, 6.07) is 9.90. The molecule has 1 amide bonds. The van der Waals surface area contributed by atoms with E-state index in [4.69, 9.17) is 0 Å². The van der Waals surface area contributed by atoms with E-state index in [-0.39, 0.29) is 5.91 Å². The van der Waals surface area contributed by atoms with Crippen LogP contribution in [-0.4, -0.2) is 29.0 Å². The molecule has 1 aromatic heterocycles. The molecule has 0 saturated heterocycles. The number of carbonyl (C=O) groups is 1. The van der Waals surface area contributed by atoms with Gasteiger partial charge in [0, 0.05) is 41.6 Å². The molecular formula is C21H29N3O. The normalized spacial score (nSPS) is 23.7. The van der Waals surface area contributed by atoms with Gasteiger partial charge in [0.1, 0.15) is 0 Å². The zero-order valence-electron chi connectivity index (χ0n) is 14.9. The molecular weight excluding hydrogens is 310 g/mol. The molecule has 2 aromatic rings. The van der Waals surface area contributed by atoms with E-state index in [9.17, 15) is 4.79 Å². The number of nitrogens with one attached hydrogen (secondary N) is 3. The van der Waals surface area contributed by atoms with Gasteiger partial charge in [-0.3, -0.25) is 4.79 Å². The first-order chi connectivity index (χ1) is 12.3. The van der Waals surface area contributed by atoms with Crippen LogP contribution in [0.25, 0.3) is 10.9 Å². The van der Waals surface area contributed by atoms with Crippen LogP contribution >= 0.6 is 0 Å². The monoisotopic (exact) mass is 339 g/mol. The molecule has 1 heterocycles. The number of hydrogen-bond donors (Lipinski definition) is 3. The molecule has 4 rings (SSSR count). The van der Waals surface area contributed by atoms with Crippen molar-refractivity contribution >= 4 is 16.8 Å². The lowest BCUT2D eigenvalue weighted by atomic mass is 9.85. The highest BCUT2D eigenvalue weighted by Gasteiger charge is 2.33. The predicted octanol–water partition coefficient (Wildman–Crippen LogP) is 3.67. The average Bonchev–Trinajstić information content (AvgIpc) is 3.27. The zero-order valence-corrected chi connectivity index (χ0v) is 14.9. The van der Waals surface area contributed by atoms with E-state index in [0.717, 1.165) is 19.3 Å². The Kier molecular flexibility index (Phi) is 5.07. The van der Waals surface area contributed by atoms with Gasteiger partial charge in [-0.2, -0.15) is 0 Å². The topological polar surface area (TPSA) is 56.9 Å². The van der Waals surface area contributed by atoms with Crippen LogP contribution in [0.15, 0.2) is 30.5 Å². The number of H-pyrrole nitrogens is 1. The Morgan fingerprint density at radius 2 is 1.88 bits per heavy atom. The highest BCUT2D eigenvalue weighted by Crippen LogP contribution is 2.25. The molecule has 0 aliphatic heterocycles. The smallest absolute Gasteiger partial charge is 0.220 e. The number of fused-ring (bicyclic) bond motifs is 1. The van der Waals surface area contributed by atoms with Gasteiger partial charge in [0.05, 0.1) is 0 Å². The fourth-order valence-electron chi connectivity index (χ4n) is 4.32. The van der Waals surface area contributed by atoms with Gasteiger partial charge in [-0.05, 0) is 50.2 Å². The molecule has 0 spiro atoms. The third kappa shape index (κ3) is 3.90. The minimum atomic E-state index is 0.211. The third-order valence-corrected chi connectivity index (χ3v) is 5.95. The summed E-state index contributed by atoms with van der Waals surface area (Å²) in [6.45, 7) is 0. The first kappa shape index (κ1) is 16.6. The molecule has 4 heteroatoms. The fraction of sp³-hybridized carbons (Fsp3) is 0.571. The van der Waals surface area contributed by atoms with Gasteiger partial charge in [-0.1, -0.05) is 31.0 Å². The van der Waals surface area contributed by atoms with Crippen LogP contribution in [0.5, 0.6) is 0 Å². The second-order valence-corrected chi connectivity index (χ2v) is 7.72. The van der Waals surface area contributed by atoms with Crippen molar-refractivity contribution in [1.82, 2.24) is 15.6 Å². The van der Waals surface area contributed by atoms with Gasteiger partial charge in [-0.15, -0.1) is 0 Å². The Morgan fingerprint density at radius 1 is 1.08 bits per heavy atom. The van der Waals surface area contributed by atoms with Crippen molar-refractivity contribution in [3.05, 3.63) is 36.0 Å². The van der Waals surface area contributed by atoms with Crippen LogP contribution in [0.2, 0.25) is 0 Å². The van der Waals surface area contributed by atoms with Gasteiger partial charge in [-0.25, -0.2) is 0 Å². The predicted molar refractivity (Wildman–Crippen MR) is 102 cm³/mol. The molecule has 2 atom stereocenters. The molecule has 2 saturated carbocycles. The number of benzene rings is 1.